The molecule has 0 aliphatic carbocycles. The highest BCUT2D eigenvalue weighted by atomic mass is 16.2. The molecule has 3 heteroatoms. The van der Waals surface area contributed by atoms with Crippen molar-refractivity contribution < 1.29 is 9.82 Å². The third-order valence-corrected chi connectivity index (χ3v) is 2.35. The fraction of sp³-hybridized carbons (Fsp3) is 0.222. The Morgan fingerprint density at radius 2 is 2.33 bits per heavy atom. The van der Waals surface area contributed by atoms with Crippen molar-refractivity contribution in [1.29, 1.82) is 0 Å². The van der Waals surface area contributed by atoms with Crippen molar-refractivity contribution >= 4 is 18.7 Å². The minimum absolute atomic E-state index is 0.361. The maximum atomic E-state index is 10.4. The second kappa shape index (κ2) is 2.75. The molecule has 0 saturated heterocycles. The normalized spacial score (nSPS) is 14.6. The van der Waals surface area contributed by atoms with Crippen LogP contribution in [0.3, 0.4) is 0 Å². The topological polar surface area (TPSA) is 37.3 Å². The number of aldehydes is 1. The summed E-state index contributed by atoms with van der Waals surface area (Å²) in [4.78, 5) is 10.4. The summed E-state index contributed by atoms with van der Waals surface area (Å²) in [6.07, 6.45) is 2.53. The SMILES string of the molecule is O=Cc1ccc2c(c1)B(O)CC2. The van der Waals surface area contributed by atoms with Crippen LogP contribution in [0.4, 0.5) is 0 Å². The highest BCUT2D eigenvalue weighted by Crippen LogP contribution is 2.13. The average molecular weight is 160 g/mol. The second-order valence-electron chi connectivity index (χ2n) is 3.13. The van der Waals surface area contributed by atoms with Crippen LogP contribution in [0.5, 0.6) is 0 Å². The number of rotatable bonds is 1. The lowest BCUT2D eigenvalue weighted by Gasteiger charge is -2.00. The van der Waals surface area contributed by atoms with Gasteiger partial charge in [-0.25, -0.2) is 0 Å². The summed E-state index contributed by atoms with van der Waals surface area (Å²) in [7, 11) is 0. The van der Waals surface area contributed by atoms with Crippen LogP contribution in [0.2, 0.25) is 6.32 Å². The Balaban J connectivity index is 2.50. The third kappa shape index (κ3) is 1.06. The maximum absolute atomic E-state index is 10.4. The van der Waals surface area contributed by atoms with Crippen molar-refractivity contribution in [2.45, 2.75) is 12.7 Å². The number of benzene rings is 1. The summed E-state index contributed by atoms with van der Waals surface area (Å²) in [5.74, 6) is 0. The molecule has 0 atom stereocenters. The lowest BCUT2D eigenvalue weighted by atomic mass is 9.63. The predicted octanol–water partition coefficient (Wildman–Crippen LogP) is 0.246. The van der Waals surface area contributed by atoms with E-state index in [0.29, 0.717) is 5.56 Å². The van der Waals surface area contributed by atoms with Crippen LogP contribution in [0.1, 0.15) is 15.9 Å². The summed E-state index contributed by atoms with van der Waals surface area (Å²) in [6.45, 7) is -0.361. The van der Waals surface area contributed by atoms with Gasteiger partial charge in [-0.15, -0.1) is 0 Å². The first kappa shape index (κ1) is 7.56. The Labute approximate surface area is 71.3 Å². The summed E-state index contributed by atoms with van der Waals surface area (Å²) in [5, 5.41) is 9.49. The molecule has 2 nitrogen and oxygen atoms in total. The van der Waals surface area contributed by atoms with Gasteiger partial charge in [-0.05, 0) is 18.2 Å². The Morgan fingerprint density at radius 3 is 3.08 bits per heavy atom. The molecular weight excluding hydrogens is 151 g/mol. The highest BCUT2D eigenvalue weighted by molar-refractivity contribution is 6.68. The fourth-order valence-corrected chi connectivity index (χ4v) is 1.67. The molecule has 0 radical (unpaired) electrons. The van der Waals surface area contributed by atoms with Gasteiger partial charge in [-0.1, -0.05) is 23.8 Å². The van der Waals surface area contributed by atoms with E-state index in [-0.39, 0.29) is 6.92 Å². The second-order valence-corrected chi connectivity index (χ2v) is 3.13. The van der Waals surface area contributed by atoms with Crippen LogP contribution in [-0.2, 0) is 6.42 Å². The van der Waals surface area contributed by atoms with Gasteiger partial charge in [-0.3, -0.25) is 4.79 Å². The largest absolute Gasteiger partial charge is 0.446 e. The number of hydrogen-bond acceptors (Lipinski definition) is 2. The van der Waals surface area contributed by atoms with Gasteiger partial charge in [0.1, 0.15) is 6.29 Å². The van der Waals surface area contributed by atoms with Crippen molar-refractivity contribution in [3.63, 3.8) is 0 Å². The van der Waals surface area contributed by atoms with Crippen LogP contribution < -0.4 is 5.46 Å². The standard InChI is InChI=1S/C9H9BO2/c11-6-7-1-2-8-3-4-10(12)9(8)5-7/h1-2,5-6,12H,3-4H2. The van der Waals surface area contributed by atoms with Crippen molar-refractivity contribution in [3.05, 3.63) is 29.3 Å². The Bertz CT molecular complexity index is 322. The van der Waals surface area contributed by atoms with Crippen LogP contribution >= 0.6 is 0 Å². The van der Waals surface area contributed by atoms with Crippen molar-refractivity contribution in [1.82, 2.24) is 0 Å². The average Bonchev–Trinajstić information content (AvgIpc) is 2.47. The molecule has 60 valence electrons. The maximum Gasteiger partial charge on any atom is 0.324 e. The number of carbonyl (C=O) groups is 1. The predicted molar refractivity (Wildman–Crippen MR) is 47.9 cm³/mol. The van der Waals surface area contributed by atoms with Crippen molar-refractivity contribution in [3.8, 4) is 0 Å². The van der Waals surface area contributed by atoms with Gasteiger partial charge in [-0.2, -0.15) is 0 Å². The van der Waals surface area contributed by atoms with Crippen LogP contribution in [0.25, 0.3) is 0 Å². The van der Waals surface area contributed by atoms with Gasteiger partial charge in [0.25, 0.3) is 0 Å². The zero-order chi connectivity index (χ0) is 8.55. The molecule has 0 amide bonds. The molecule has 0 saturated carbocycles. The first-order valence-electron chi connectivity index (χ1n) is 4.07. The van der Waals surface area contributed by atoms with Gasteiger partial charge < -0.3 is 5.02 Å². The highest BCUT2D eigenvalue weighted by Gasteiger charge is 2.24. The molecule has 0 fully saturated rings. The summed E-state index contributed by atoms with van der Waals surface area (Å²) in [6, 6.07) is 5.50. The quantitative estimate of drug-likeness (QED) is 0.472. The number of fused-ring (bicyclic) bond motifs is 1. The lowest BCUT2D eigenvalue weighted by molar-refractivity contribution is 0.112. The summed E-state index contributed by atoms with van der Waals surface area (Å²) >= 11 is 0. The van der Waals surface area contributed by atoms with Gasteiger partial charge in [0.05, 0.1) is 0 Å². The van der Waals surface area contributed by atoms with Crippen molar-refractivity contribution in [2.24, 2.45) is 0 Å². The van der Waals surface area contributed by atoms with Gasteiger partial charge in [0.15, 0.2) is 0 Å². The van der Waals surface area contributed by atoms with E-state index in [1.807, 2.05) is 6.07 Å². The fourth-order valence-electron chi connectivity index (χ4n) is 1.67. The van der Waals surface area contributed by atoms with Crippen LogP contribution in [0, 0.1) is 0 Å². The molecule has 1 N–H and O–H groups in total. The molecule has 1 heterocycles. The smallest absolute Gasteiger partial charge is 0.324 e. The molecule has 12 heavy (non-hydrogen) atoms. The number of aryl methyl sites for hydroxylation is 1. The van der Waals surface area contributed by atoms with Crippen LogP contribution in [-0.4, -0.2) is 18.2 Å². The minimum atomic E-state index is -0.361. The summed E-state index contributed by atoms with van der Waals surface area (Å²) < 4.78 is 0. The minimum Gasteiger partial charge on any atom is -0.446 e. The van der Waals surface area contributed by atoms with E-state index in [2.05, 4.69) is 0 Å². The molecule has 1 aromatic rings. The zero-order valence-electron chi connectivity index (χ0n) is 6.66. The molecule has 1 aliphatic rings. The van der Waals surface area contributed by atoms with Gasteiger partial charge >= 0.3 is 6.92 Å². The van der Waals surface area contributed by atoms with Gasteiger partial charge in [0.2, 0.25) is 0 Å². The molecule has 2 rings (SSSR count). The molecular formula is C9H9BO2. The van der Waals surface area contributed by atoms with E-state index in [4.69, 9.17) is 0 Å². The molecule has 1 aromatic carbocycles. The monoisotopic (exact) mass is 160 g/mol. The molecule has 1 aliphatic heterocycles. The summed E-state index contributed by atoms with van der Waals surface area (Å²) in [5.41, 5.74) is 2.75. The molecule has 0 unspecified atom stereocenters. The van der Waals surface area contributed by atoms with E-state index in [1.54, 1.807) is 12.1 Å². The van der Waals surface area contributed by atoms with Gasteiger partial charge in [0, 0.05) is 5.56 Å². The van der Waals surface area contributed by atoms with E-state index >= 15 is 0 Å². The van der Waals surface area contributed by atoms with E-state index in [9.17, 15) is 9.82 Å². The first-order valence-corrected chi connectivity index (χ1v) is 4.07. The molecule has 0 aromatic heterocycles. The Morgan fingerprint density at radius 1 is 1.50 bits per heavy atom. The van der Waals surface area contributed by atoms with E-state index in [0.717, 1.165) is 24.5 Å². The zero-order valence-corrected chi connectivity index (χ0v) is 6.66. The molecule has 0 spiro atoms. The Kier molecular flexibility index (Phi) is 1.73. The van der Waals surface area contributed by atoms with E-state index < -0.39 is 0 Å². The molecule has 0 bridgehead atoms. The first-order chi connectivity index (χ1) is 5.81. The number of hydrogen-bond donors (Lipinski definition) is 1. The lowest BCUT2D eigenvalue weighted by Crippen LogP contribution is -2.26. The van der Waals surface area contributed by atoms with E-state index in [1.165, 1.54) is 5.56 Å². The third-order valence-electron chi connectivity index (χ3n) is 2.35. The van der Waals surface area contributed by atoms with Crippen molar-refractivity contribution in [2.75, 3.05) is 0 Å². The van der Waals surface area contributed by atoms with Crippen LogP contribution in [0.15, 0.2) is 18.2 Å². The Hall–Kier alpha value is -1.09. The number of carbonyl (C=O) groups excluding carboxylic acids is 1.